The van der Waals surface area contributed by atoms with Crippen LogP contribution in [0.25, 0.3) is 0 Å². The zero-order chi connectivity index (χ0) is 14.8. The van der Waals surface area contributed by atoms with Gasteiger partial charge in [0.2, 0.25) is 0 Å². The van der Waals surface area contributed by atoms with Gasteiger partial charge in [0.15, 0.2) is 5.78 Å². The molecule has 1 heterocycles. The van der Waals surface area contributed by atoms with E-state index < -0.39 is 0 Å². The molecule has 1 atom stereocenters. The van der Waals surface area contributed by atoms with E-state index in [1.165, 1.54) is 12.5 Å². The second kappa shape index (κ2) is 5.90. The molecule has 0 aliphatic carbocycles. The minimum Gasteiger partial charge on any atom is -0.489 e. The monoisotopic (exact) mass is 346 g/mol. The molecule has 21 heavy (non-hydrogen) atoms. The van der Waals surface area contributed by atoms with E-state index in [4.69, 9.17) is 9.47 Å². The van der Waals surface area contributed by atoms with E-state index in [9.17, 15) is 4.79 Å². The molecular formula is C17H15BrO3. The van der Waals surface area contributed by atoms with Crippen molar-refractivity contribution in [3.8, 4) is 11.5 Å². The molecule has 1 unspecified atom stereocenters. The third kappa shape index (κ3) is 3.10. The normalized spacial score (nSPS) is 16.2. The number of rotatable bonds is 4. The molecule has 0 fully saturated rings. The Morgan fingerprint density at radius 2 is 2.14 bits per heavy atom. The van der Waals surface area contributed by atoms with Crippen molar-refractivity contribution in [2.24, 2.45) is 0 Å². The Hall–Kier alpha value is -1.81. The van der Waals surface area contributed by atoms with Crippen molar-refractivity contribution >= 4 is 21.7 Å². The number of benzene rings is 2. The summed E-state index contributed by atoms with van der Waals surface area (Å²) in [6.45, 7) is 1.96. The molecule has 0 amide bonds. The van der Waals surface area contributed by atoms with Crippen LogP contribution in [-0.4, -0.2) is 18.5 Å². The van der Waals surface area contributed by atoms with Gasteiger partial charge in [-0.15, -0.1) is 0 Å². The molecule has 1 aliphatic rings. The molecule has 0 saturated carbocycles. The van der Waals surface area contributed by atoms with Crippen LogP contribution in [-0.2, 0) is 6.42 Å². The van der Waals surface area contributed by atoms with E-state index in [1.807, 2.05) is 30.3 Å². The Kier molecular flexibility index (Phi) is 3.97. The quantitative estimate of drug-likeness (QED) is 0.784. The van der Waals surface area contributed by atoms with Crippen molar-refractivity contribution in [1.29, 1.82) is 0 Å². The molecular weight excluding hydrogens is 332 g/mol. The fourth-order valence-corrected chi connectivity index (χ4v) is 2.78. The summed E-state index contributed by atoms with van der Waals surface area (Å²) in [4.78, 5) is 11.6. The fraction of sp³-hybridized carbons (Fsp3) is 0.235. The third-order valence-electron chi connectivity index (χ3n) is 3.46. The molecule has 0 aromatic heterocycles. The standard InChI is InChI=1S/C17H15BrO3/c1-11(19)15-7-6-13(18)9-17(15)20-10-14-8-12-4-2-3-5-16(12)21-14/h2-7,9,14H,8,10H2,1H3. The first-order valence-corrected chi connectivity index (χ1v) is 7.60. The van der Waals surface area contributed by atoms with Crippen molar-refractivity contribution in [3.05, 3.63) is 58.1 Å². The van der Waals surface area contributed by atoms with Crippen LogP contribution >= 0.6 is 15.9 Å². The molecule has 0 bridgehead atoms. The van der Waals surface area contributed by atoms with Crippen LogP contribution in [0.2, 0.25) is 0 Å². The van der Waals surface area contributed by atoms with Crippen molar-refractivity contribution in [3.63, 3.8) is 0 Å². The van der Waals surface area contributed by atoms with E-state index in [0.29, 0.717) is 17.9 Å². The van der Waals surface area contributed by atoms with Gasteiger partial charge >= 0.3 is 0 Å². The van der Waals surface area contributed by atoms with Gasteiger partial charge in [0.25, 0.3) is 0 Å². The van der Waals surface area contributed by atoms with Crippen molar-refractivity contribution in [1.82, 2.24) is 0 Å². The average Bonchev–Trinajstić information content (AvgIpc) is 2.87. The highest BCUT2D eigenvalue weighted by atomic mass is 79.9. The molecule has 2 aromatic rings. The molecule has 0 saturated heterocycles. The molecule has 2 aromatic carbocycles. The van der Waals surface area contributed by atoms with Crippen LogP contribution in [0.3, 0.4) is 0 Å². The summed E-state index contributed by atoms with van der Waals surface area (Å²) in [5.41, 5.74) is 1.79. The molecule has 0 radical (unpaired) electrons. The van der Waals surface area contributed by atoms with E-state index in [0.717, 1.165) is 16.6 Å². The molecule has 0 spiro atoms. The van der Waals surface area contributed by atoms with Gasteiger partial charge in [0, 0.05) is 10.9 Å². The summed E-state index contributed by atoms with van der Waals surface area (Å²) in [6, 6.07) is 13.4. The number of ketones is 1. The topological polar surface area (TPSA) is 35.5 Å². The maximum Gasteiger partial charge on any atom is 0.163 e. The highest BCUT2D eigenvalue weighted by molar-refractivity contribution is 9.10. The van der Waals surface area contributed by atoms with E-state index >= 15 is 0 Å². The summed E-state index contributed by atoms with van der Waals surface area (Å²) >= 11 is 3.40. The first-order chi connectivity index (χ1) is 10.1. The van der Waals surface area contributed by atoms with Crippen molar-refractivity contribution in [2.45, 2.75) is 19.4 Å². The molecule has 1 aliphatic heterocycles. The highest BCUT2D eigenvalue weighted by Gasteiger charge is 2.23. The predicted molar refractivity (Wildman–Crippen MR) is 84.2 cm³/mol. The van der Waals surface area contributed by atoms with Crippen LogP contribution in [0.5, 0.6) is 11.5 Å². The summed E-state index contributed by atoms with van der Waals surface area (Å²) in [7, 11) is 0. The van der Waals surface area contributed by atoms with Gasteiger partial charge in [-0.2, -0.15) is 0 Å². The average molecular weight is 347 g/mol. The molecule has 108 valence electrons. The lowest BCUT2D eigenvalue weighted by atomic mass is 10.1. The van der Waals surface area contributed by atoms with Gasteiger partial charge in [-0.05, 0) is 36.8 Å². The Morgan fingerprint density at radius 1 is 1.33 bits per heavy atom. The number of ether oxygens (including phenoxy) is 2. The number of para-hydroxylation sites is 1. The number of carbonyl (C=O) groups is 1. The maximum atomic E-state index is 11.6. The van der Waals surface area contributed by atoms with Crippen LogP contribution in [0.4, 0.5) is 0 Å². The van der Waals surface area contributed by atoms with Gasteiger partial charge < -0.3 is 9.47 Å². The van der Waals surface area contributed by atoms with E-state index in [1.54, 1.807) is 6.07 Å². The van der Waals surface area contributed by atoms with Crippen molar-refractivity contribution in [2.75, 3.05) is 6.61 Å². The minimum absolute atomic E-state index is 0.00636. The second-order valence-corrected chi connectivity index (χ2v) is 5.98. The Labute approximate surface area is 132 Å². The lowest BCUT2D eigenvalue weighted by Gasteiger charge is -2.14. The fourth-order valence-electron chi connectivity index (χ4n) is 2.44. The van der Waals surface area contributed by atoms with Gasteiger partial charge in [0.1, 0.15) is 24.2 Å². The van der Waals surface area contributed by atoms with Crippen LogP contribution in [0.15, 0.2) is 46.9 Å². The number of halogens is 1. The zero-order valence-electron chi connectivity index (χ0n) is 11.6. The van der Waals surface area contributed by atoms with Gasteiger partial charge in [-0.3, -0.25) is 4.79 Å². The molecule has 3 rings (SSSR count). The Balaban J connectivity index is 1.69. The Morgan fingerprint density at radius 3 is 2.90 bits per heavy atom. The first kappa shape index (κ1) is 14.1. The lowest BCUT2D eigenvalue weighted by Crippen LogP contribution is -2.22. The summed E-state index contributed by atoms with van der Waals surface area (Å²) in [6.07, 6.45) is 0.820. The summed E-state index contributed by atoms with van der Waals surface area (Å²) < 4.78 is 12.5. The van der Waals surface area contributed by atoms with Crippen LogP contribution in [0, 0.1) is 0 Å². The number of carbonyl (C=O) groups excluding carboxylic acids is 1. The van der Waals surface area contributed by atoms with E-state index in [2.05, 4.69) is 22.0 Å². The largest absolute Gasteiger partial charge is 0.489 e. The lowest BCUT2D eigenvalue weighted by molar-refractivity contribution is 0.100. The van der Waals surface area contributed by atoms with Gasteiger partial charge in [0.05, 0.1) is 5.56 Å². The predicted octanol–water partition coefficient (Wildman–Crippen LogP) is 4.03. The SMILES string of the molecule is CC(=O)c1ccc(Br)cc1OCC1Cc2ccccc2O1. The highest BCUT2D eigenvalue weighted by Crippen LogP contribution is 2.29. The van der Waals surface area contributed by atoms with E-state index in [-0.39, 0.29) is 11.9 Å². The van der Waals surface area contributed by atoms with Crippen molar-refractivity contribution < 1.29 is 14.3 Å². The molecule has 3 nitrogen and oxygen atoms in total. The van der Waals surface area contributed by atoms with Crippen LogP contribution in [0.1, 0.15) is 22.8 Å². The third-order valence-corrected chi connectivity index (χ3v) is 3.95. The van der Waals surface area contributed by atoms with Gasteiger partial charge in [-0.1, -0.05) is 34.1 Å². The minimum atomic E-state index is -0.0128. The van der Waals surface area contributed by atoms with Crippen LogP contribution < -0.4 is 9.47 Å². The molecule has 0 N–H and O–H groups in total. The first-order valence-electron chi connectivity index (χ1n) is 6.81. The number of hydrogen-bond donors (Lipinski definition) is 0. The summed E-state index contributed by atoms with van der Waals surface area (Å²) in [5.74, 6) is 1.51. The summed E-state index contributed by atoms with van der Waals surface area (Å²) in [5, 5.41) is 0. The number of fused-ring (bicyclic) bond motifs is 1. The number of hydrogen-bond acceptors (Lipinski definition) is 3. The molecule has 4 heteroatoms. The second-order valence-electron chi connectivity index (χ2n) is 5.06. The Bertz CT molecular complexity index is 656. The zero-order valence-corrected chi connectivity index (χ0v) is 13.2. The number of Topliss-reactive ketones (excluding diaryl/α,β-unsaturated/α-hetero) is 1. The van der Waals surface area contributed by atoms with Gasteiger partial charge in [-0.25, -0.2) is 0 Å². The maximum absolute atomic E-state index is 11.6. The smallest absolute Gasteiger partial charge is 0.163 e.